The highest BCUT2D eigenvalue weighted by Gasteiger charge is 2.37. The molecule has 0 aliphatic heterocycles. The second-order valence-corrected chi connectivity index (χ2v) is 9.12. The molecular formula is C15H29NO2S. The molecule has 19 heavy (non-hydrogen) atoms. The van der Waals surface area contributed by atoms with Crippen molar-refractivity contribution >= 4 is 9.84 Å². The van der Waals surface area contributed by atoms with E-state index in [0.29, 0.717) is 17.9 Å². The molecule has 0 radical (unpaired) electrons. The van der Waals surface area contributed by atoms with E-state index in [9.17, 15) is 8.42 Å². The maximum Gasteiger partial charge on any atom is 0.150 e. The van der Waals surface area contributed by atoms with Crippen LogP contribution in [0.3, 0.4) is 0 Å². The highest BCUT2D eigenvalue weighted by molar-refractivity contribution is 7.91. The van der Waals surface area contributed by atoms with Gasteiger partial charge in [0.15, 0.2) is 0 Å². The van der Waals surface area contributed by atoms with Crippen molar-refractivity contribution in [1.82, 2.24) is 0 Å². The van der Waals surface area contributed by atoms with Gasteiger partial charge >= 0.3 is 0 Å². The average Bonchev–Trinajstić information content (AvgIpc) is 2.38. The van der Waals surface area contributed by atoms with Gasteiger partial charge < -0.3 is 5.73 Å². The van der Waals surface area contributed by atoms with E-state index in [0.717, 1.165) is 31.6 Å². The first kappa shape index (κ1) is 15.3. The lowest BCUT2D eigenvalue weighted by molar-refractivity contribution is 0.135. The summed E-state index contributed by atoms with van der Waals surface area (Å²) in [5, 5.41) is -0.111. The van der Waals surface area contributed by atoms with Gasteiger partial charge in [0, 0.05) is 12.3 Å². The molecule has 5 atom stereocenters. The van der Waals surface area contributed by atoms with Crippen LogP contribution in [-0.2, 0) is 9.84 Å². The third-order valence-corrected chi connectivity index (χ3v) is 7.16. The van der Waals surface area contributed by atoms with Gasteiger partial charge in [-0.1, -0.05) is 26.2 Å². The van der Waals surface area contributed by atoms with E-state index in [1.807, 2.05) is 0 Å². The maximum atomic E-state index is 11.8. The molecule has 2 aliphatic carbocycles. The molecular weight excluding hydrogens is 258 g/mol. The fourth-order valence-electron chi connectivity index (χ4n) is 4.19. The minimum absolute atomic E-state index is 0.111. The molecule has 0 amide bonds. The summed E-state index contributed by atoms with van der Waals surface area (Å²) in [5.41, 5.74) is 6.33. The van der Waals surface area contributed by atoms with E-state index in [4.69, 9.17) is 5.73 Å². The molecule has 3 nitrogen and oxygen atoms in total. The summed E-state index contributed by atoms with van der Waals surface area (Å²) in [6.07, 6.45) is 10.2. The summed E-state index contributed by atoms with van der Waals surface area (Å²) in [6, 6.07) is 0.297. The zero-order chi connectivity index (χ0) is 14.0. The van der Waals surface area contributed by atoms with Crippen LogP contribution in [-0.4, -0.2) is 26.0 Å². The van der Waals surface area contributed by atoms with Crippen molar-refractivity contribution in [3.05, 3.63) is 0 Å². The molecule has 0 saturated heterocycles. The Kier molecular flexibility index (Phi) is 4.93. The van der Waals surface area contributed by atoms with Crippen LogP contribution in [0.25, 0.3) is 0 Å². The van der Waals surface area contributed by atoms with E-state index in [2.05, 4.69) is 6.92 Å². The zero-order valence-corrected chi connectivity index (χ0v) is 13.2. The standard InChI is InChI=1S/C15H29NO2S/c1-3-11-7-8-15(16)14(9-11)12-5-4-6-13(10-12)19(2,17)18/h11-15H,3-10,16H2,1-2H3. The first-order valence-electron chi connectivity index (χ1n) is 7.86. The van der Waals surface area contributed by atoms with Gasteiger partial charge in [-0.05, 0) is 49.9 Å². The molecule has 0 spiro atoms. The van der Waals surface area contributed by atoms with Crippen molar-refractivity contribution in [2.75, 3.05) is 6.26 Å². The van der Waals surface area contributed by atoms with Crippen LogP contribution in [0, 0.1) is 17.8 Å². The smallest absolute Gasteiger partial charge is 0.150 e. The number of hydrogen-bond donors (Lipinski definition) is 1. The van der Waals surface area contributed by atoms with Crippen LogP contribution >= 0.6 is 0 Å². The minimum Gasteiger partial charge on any atom is -0.327 e. The van der Waals surface area contributed by atoms with Gasteiger partial charge in [0.05, 0.1) is 5.25 Å². The lowest BCUT2D eigenvalue weighted by atomic mass is 9.67. The van der Waals surface area contributed by atoms with Crippen LogP contribution in [0.15, 0.2) is 0 Å². The molecule has 0 heterocycles. The van der Waals surface area contributed by atoms with E-state index in [1.54, 1.807) is 0 Å². The van der Waals surface area contributed by atoms with Gasteiger partial charge in [0.25, 0.3) is 0 Å². The molecule has 0 aromatic heterocycles. The Morgan fingerprint density at radius 3 is 2.47 bits per heavy atom. The number of hydrogen-bond acceptors (Lipinski definition) is 3. The van der Waals surface area contributed by atoms with Crippen molar-refractivity contribution in [3.8, 4) is 0 Å². The van der Waals surface area contributed by atoms with E-state index in [-0.39, 0.29) is 5.25 Å². The van der Waals surface area contributed by atoms with E-state index in [1.165, 1.54) is 31.9 Å². The highest BCUT2D eigenvalue weighted by Crippen LogP contribution is 2.41. The highest BCUT2D eigenvalue weighted by atomic mass is 32.2. The second-order valence-electron chi connectivity index (χ2n) is 6.79. The molecule has 2 saturated carbocycles. The van der Waals surface area contributed by atoms with Crippen LogP contribution < -0.4 is 5.73 Å². The maximum absolute atomic E-state index is 11.8. The first-order chi connectivity index (χ1) is 8.91. The SMILES string of the molecule is CCC1CCC(N)C(C2CCCC(S(C)(=O)=O)C2)C1. The molecule has 2 rings (SSSR count). The number of rotatable bonds is 3. The summed E-state index contributed by atoms with van der Waals surface area (Å²) in [6.45, 7) is 2.26. The molecule has 2 fully saturated rings. The van der Waals surface area contributed by atoms with Gasteiger partial charge in [-0.2, -0.15) is 0 Å². The first-order valence-corrected chi connectivity index (χ1v) is 9.81. The normalized spacial score (nSPS) is 41.1. The lowest BCUT2D eigenvalue weighted by Crippen LogP contribution is -2.43. The molecule has 5 unspecified atom stereocenters. The summed E-state index contributed by atoms with van der Waals surface area (Å²) >= 11 is 0. The zero-order valence-electron chi connectivity index (χ0n) is 12.3. The topological polar surface area (TPSA) is 60.2 Å². The van der Waals surface area contributed by atoms with Crippen molar-refractivity contribution in [3.63, 3.8) is 0 Å². The number of sulfone groups is 1. The Balaban J connectivity index is 2.03. The fourth-order valence-corrected chi connectivity index (χ4v) is 5.38. The monoisotopic (exact) mass is 287 g/mol. The minimum atomic E-state index is -2.87. The van der Waals surface area contributed by atoms with E-state index < -0.39 is 9.84 Å². The summed E-state index contributed by atoms with van der Waals surface area (Å²) in [7, 11) is -2.87. The quantitative estimate of drug-likeness (QED) is 0.868. The molecule has 0 aromatic carbocycles. The Hall–Kier alpha value is -0.0900. The average molecular weight is 287 g/mol. The van der Waals surface area contributed by atoms with Crippen molar-refractivity contribution in [2.24, 2.45) is 23.5 Å². The molecule has 0 aromatic rings. The van der Waals surface area contributed by atoms with Gasteiger partial charge in [-0.25, -0.2) is 8.42 Å². The van der Waals surface area contributed by atoms with Crippen LogP contribution in [0.4, 0.5) is 0 Å². The Bertz CT molecular complexity index is 393. The van der Waals surface area contributed by atoms with Gasteiger partial charge in [0.1, 0.15) is 9.84 Å². The van der Waals surface area contributed by atoms with Gasteiger partial charge in [-0.3, -0.25) is 0 Å². The molecule has 4 heteroatoms. The summed E-state index contributed by atoms with van der Waals surface area (Å²) < 4.78 is 23.6. The predicted octanol–water partition coefficient (Wildman–Crippen LogP) is 2.74. The third kappa shape index (κ3) is 3.72. The van der Waals surface area contributed by atoms with Crippen molar-refractivity contribution < 1.29 is 8.42 Å². The van der Waals surface area contributed by atoms with Crippen molar-refractivity contribution in [1.29, 1.82) is 0 Å². The van der Waals surface area contributed by atoms with Crippen molar-refractivity contribution in [2.45, 2.75) is 69.6 Å². The molecule has 0 bridgehead atoms. The summed E-state index contributed by atoms with van der Waals surface area (Å²) in [5.74, 6) is 1.91. The Morgan fingerprint density at radius 1 is 1.11 bits per heavy atom. The summed E-state index contributed by atoms with van der Waals surface area (Å²) in [4.78, 5) is 0. The third-order valence-electron chi connectivity index (χ3n) is 5.52. The van der Waals surface area contributed by atoms with Crippen LogP contribution in [0.1, 0.15) is 58.3 Å². The van der Waals surface area contributed by atoms with Gasteiger partial charge in [0.2, 0.25) is 0 Å². The molecule has 2 N–H and O–H groups in total. The van der Waals surface area contributed by atoms with Gasteiger partial charge in [-0.15, -0.1) is 0 Å². The fraction of sp³-hybridized carbons (Fsp3) is 1.00. The Labute approximate surface area is 118 Å². The van der Waals surface area contributed by atoms with E-state index >= 15 is 0 Å². The van der Waals surface area contributed by atoms with Crippen LogP contribution in [0.2, 0.25) is 0 Å². The molecule has 112 valence electrons. The lowest BCUT2D eigenvalue weighted by Gasteiger charge is -2.41. The predicted molar refractivity (Wildman–Crippen MR) is 79.7 cm³/mol. The second kappa shape index (κ2) is 6.13. The number of nitrogens with two attached hydrogens (primary N) is 1. The van der Waals surface area contributed by atoms with Crippen LogP contribution in [0.5, 0.6) is 0 Å². The molecule has 2 aliphatic rings. The largest absolute Gasteiger partial charge is 0.327 e. The Morgan fingerprint density at radius 2 is 1.84 bits per heavy atom.